The van der Waals surface area contributed by atoms with Crippen molar-refractivity contribution in [3.05, 3.63) is 82.3 Å². The van der Waals surface area contributed by atoms with Gasteiger partial charge in [0.1, 0.15) is 10.0 Å². The van der Waals surface area contributed by atoms with Crippen LogP contribution >= 0.6 is 22.7 Å². The topological polar surface area (TPSA) is 136 Å². The zero-order valence-corrected chi connectivity index (χ0v) is 21.9. The molecule has 0 aliphatic heterocycles. The normalized spacial score (nSPS) is 17.6. The quantitative estimate of drug-likeness (QED) is 0.298. The van der Waals surface area contributed by atoms with Gasteiger partial charge in [0, 0.05) is 36.4 Å². The third-order valence-electron chi connectivity index (χ3n) is 5.90. The molecule has 2 N–H and O–H groups in total. The molecule has 5 rings (SSSR count). The van der Waals surface area contributed by atoms with Crippen molar-refractivity contribution in [2.75, 3.05) is 10.6 Å². The van der Waals surface area contributed by atoms with Crippen LogP contribution in [0.15, 0.2) is 60.9 Å². The molecule has 1 saturated carbocycles. The molecular formula is C26H24N8O2S2. The molecule has 12 heteroatoms. The first-order valence-electron chi connectivity index (χ1n) is 12.1. The van der Waals surface area contributed by atoms with Gasteiger partial charge in [0.25, 0.3) is 0 Å². The summed E-state index contributed by atoms with van der Waals surface area (Å²) >= 11 is 2.80. The number of aromatic nitrogens is 6. The highest BCUT2D eigenvalue weighted by atomic mass is 32.1. The van der Waals surface area contributed by atoms with Crippen molar-refractivity contribution in [3.8, 4) is 0 Å². The predicted molar refractivity (Wildman–Crippen MR) is 148 cm³/mol. The summed E-state index contributed by atoms with van der Waals surface area (Å²) in [4.78, 5) is 32.9. The molecule has 0 radical (unpaired) electrons. The van der Waals surface area contributed by atoms with Crippen LogP contribution in [0, 0.1) is 0 Å². The van der Waals surface area contributed by atoms with Gasteiger partial charge in [-0.25, -0.2) is 0 Å². The van der Waals surface area contributed by atoms with Gasteiger partial charge >= 0.3 is 0 Å². The number of hydrogen-bond acceptors (Lipinski definition) is 10. The average molecular weight is 545 g/mol. The van der Waals surface area contributed by atoms with Crippen molar-refractivity contribution in [2.45, 2.75) is 37.5 Å². The fourth-order valence-electron chi connectivity index (χ4n) is 4.10. The van der Waals surface area contributed by atoms with Crippen molar-refractivity contribution in [2.24, 2.45) is 0 Å². The Morgan fingerprint density at radius 2 is 1.24 bits per heavy atom. The number of hydrogen-bond donors (Lipinski definition) is 2. The Balaban J connectivity index is 1.15. The largest absolute Gasteiger partial charge is 0.297 e. The van der Waals surface area contributed by atoms with Crippen LogP contribution in [-0.4, -0.2) is 42.2 Å². The Bertz CT molecular complexity index is 1330. The Kier molecular flexibility index (Phi) is 8.31. The minimum Gasteiger partial charge on any atom is -0.297 e. The van der Waals surface area contributed by atoms with Crippen LogP contribution < -0.4 is 10.6 Å². The maximum Gasteiger partial charge on any atom is 0.250 e. The van der Waals surface area contributed by atoms with Crippen molar-refractivity contribution in [1.29, 1.82) is 0 Å². The van der Waals surface area contributed by atoms with Gasteiger partial charge in [-0.1, -0.05) is 41.2 Å². The van der Waals surface area contributed by atoms with Crippen LogP contribution in [-0.2, 0) is 9.59 Å². The SMILES string of the molecule is O=C(C=Cc1ccccn1)Nc1nnc([C@@H]2CCC[C@@H](c3nnc(NC(=O)C=Cc4ccccn4)s3)C2)s1. The molecule has 10 nitrogen and oxygen atoms in total. The second kappa shape index (κ2) is 12.4. The summed E-state index contributed by atoms with van der Waals surface area (Å²) in [5.74, 6) is -0.107. The predicted octanol–water partition coefficient (Wildman–Crippen LogP) is 4.92. The van der Waals surface area contributed by atoms with Gasteiger partial charge in [0.2, 0.25) is 22.1 Å². The van der Waals surface area contributed by atoms with Crippen molar-refractivity contribution >= 4 is 56.9 Å². The van der Waals surface area contributed by atoms with E-state index in [9.17, 15) is 9.59 Å². The van der Waals surface area contributed by atoms with Crippen LogP contribution in [0.25, 0.3) is 12.2 Å². The second-order valence-electron chi connectivity index (χ2n) is 8.61. The number of nitrogens with one attached hydrogen (secondary N) is 2. The molecule has 192 valence electrons. The molecule has 1 aliphatic rings. The summed E-state index contributed by atoms with van der Waals surface area (Å²) in [7, 11) is 0. The molecule has 38 heavy (non-hydrogen) atoms. The molecule has 0 bridgehead atoms. The van der Waals surface area contributed by atoms with Gasteiger partial charge in [-0.3, -0.25) is 30.2 Å². The third kappa shape index (κ3) is 6.99. The molecule has 0 spiro atoms. The van der Waals surface area contributed by atoms with Crippen LogP contribution in [0.2, 0.25) is 0 Å². The highest BCUT2D eigenvalue weighted by Crippen LogP contribution is 2.43. The summed E-state index contributed by atoms with van der Waals surface area (Å²) in [5.41, 5.74) is 1.41. The van der Waals surface area contributed by atoms with E-state index in [-0.39, 0.29) is 23.7 Å². The first kappa shape index (κ1) is 25.5. The van der Waals surface area contributed by atoms with E-state index in [4.69, 9.17) is 0 Å². The molecule has 0 aromatic carbocycles. The van der Waals surface area contributed by atoms with Gasteiger partial charge in [-0.05, 0) is 55.7 Å². The van der Waals surface area contributed by atoms with E-state index < -0.39 is 0 Å². The lowest BCUT2D eigenvalue weighted by Gasteiger charge is -2.25. The van der Waals surface area contributed by atoms with E-state index in [1.165, 1.54) is 34.8 Å². The Hall–Kier alpha value is -4.16. The molecule has 1 fully saturated rings. The molecular weight excluding hydrogens is 520 g/mol. The number of carbonyl (C=O) groups excluding carboxylic acids is 2. The number of amides is 2. The number of anilines is 2. The first-order valence-corrected chi connectivity index (χ1v) is 13.7. The molecule has 0 saturated heterocycles. The van der Waals surface area contributed by atoms with Crippen LogP contribution in [0.3, 0.4) is 0 Å². The maximum atomic E-state index is 12.3. The van der Waals surface area contributed by atoms with Crippen molar-refractivity contribution in [3.63, 3.8) is 0 Å². The zero-order chi connectivity index (χ0) is 26.2. The van der Waals surface area contributed by atoms with E-state index in [1.54, 1.807) is 24.5 Å². The number of nitrogens with zero attached hydrogens (tertiary/aromatic N) is 6. The van der Waals surface area contributed by atoms with Gasteiger partial charge in [0.05, 0.1) is 11.4 Å². The summed E-state index contributed by atoms with van der Waals surface area (Å²) in [6, 6.07) is 11.0. The van der Waals surface area contributed by atoms with Gasteiger partial charge in [0.15, 0.2) is 0 Å². The third-order valence-corrected chi connectivity index (χ3v) is 7.90. The summed E-state index contributed by atoms with van der Waals surface area (Å²) in [6.07, 6.45) is 13.4. The van der Waals surface area contributed by atoms with Crippen LogP contribution in [0.1, 0.15) is 58.9 Å². The van der Waals surface area contributed by atoms with E-state index >= 15 is 0 Å². The number of pyridine rings is 2. The summed E-state index contributed by atoms with van der Waals surface area (Å²) in [5, 5.41) is 25.3. The van der Waals surface area contributed by atoms with Gasteiger partial charge < -0.3 is 0 Å². The van der Waals surface area contributed by atoms with E-state index in [2.05, 4.69) is 41.0 Å². The standard InChI is InChI=1S/C26H24N8O2S2/c35-21(12-10-19-8-1-3-14-27-19)29-25-33-31-23(37-25)17-6-5-7-18(16-17)24-32-34-26(38-24)30-22(36)13-11-20-9-2-4-15-28-20/h1-4,8-15,17-18H,5-7,16H2,(H,29,33,35)(H,30,34,36)/t17-,18-/m1/s1. The fraction of sp³-hybridized carbons (Fsp3) is 0.231. The van der Waals surface area contributed by atoms with Gasteiger partial charge in [-0.15, -0.1) is 20.4 Å². The van der Waals surface area contributed by atoms with E-state index in [0.717, 1.165) is 35.7 Å². The lowest BCUT2D eigenvalue weighted by molar-refractivity contribution is -0.112. The Morgan fingerprint density at radius 3 is 1.68 bits per heavy atom. The molecule has 1 aliphatic carbocycles. The Morgan fingerprint density at radius 1 is 0.737 bits per heavy atom. The molecule has 0 unspecified atom stereocenters. The molecule has 2 amide bonds. The first-order chi connectivity index (χ1) is 18.6. The van der Waals surface area contributed by atoms with Crippen LogP contribution in [0.4, 0.5) is 10.3 Å². The Labute approximate surface area is 227 Å². The minimum atomic E-state index is -0.279. The zero-order valence-electron chi connectivity index (χ0n) is 20.2. The van der Waals surface area contributed by atoms with E-state index in [1.807, 2.05) is 36.4 Å². The number of rotatable bonds is 8. The minimum absolute atomic E-state index is 0.226. The maximum absolute atomic E-state index is 12.3. The van der Waals surface area contributed by atoms with Crippen LogP contribution in [0.5, 0.6) is 0 Å². The lowest BCUT2D eigenvalue weighted by atomic mass is 9.82. The fourth-order valence-corrected chi connectivity index (χ4v) is 5.89. The summed E-state index contributed by atoms with van der Waals surface area (Å²) < 4.78 is 0. The molecule has 4 heterocycles. The highest BCUT2D eigenvalue weighted by molar-refractivity contribution is 7.15. The van der Waals surface area contributed by atoms with Gasteiger partial charge in [-0.2, -0.15) is 0 Å². The molecule has 4 aromatic heterocycles. The molecule has 2 atom stereocenters. The van der Waals surface area contributed by atoms with Crippen molar-refractivity contribution < 1.29 is 9.59 Å². The lowest BCUT2D eigenvalue weighted by Crippen LogP contribution is -2.12. The molecule has 4 aromatic rings. The number of carbonyl (C=O) groups is 2. The average Bonchev–Trinajstić information content (AvgIpc) is 3.62. The summed E-state index contributed by atoms with van der Waals surface area (Å²) in [6.45, 7) is 0. The second-order valence-corrected chi connectivity index (χ2v) is 10.6. The monoisotopic (exact) mass is 544 g/mol. The van der Waals surface area contributed by atoms with Crippen molar-refractivity contribution in [1.82, 2.24) is 30.4 Å². The van der Waals surface area contributed by atoms with E-state index in [0.29, 0.717) is 21.7 Å². The smallest absolute Gasteiger partial charge is 0.250 e. The highest BCUT2D eigenvalue weighted by Gasteiger charge is 2.29.